The van der Waals surface area contributed by atoms with Crippen molar-refractivity contribution in [3.8, 4) is 5.75 Å². The van der Waals surface area contributed by atoms with Crippen LogP contribution < -0.4 is 4.74 Å². The molecule has 0 radical (unpaired) electrons. The van der Waals surface area contributed by atoms with E-state index in [0.29, 0.717) is 24.3 Å². The second-order valence-corrected chi connectivity index (χ2v) is 6.33. The molecule has 122 valence electrons. The number of halogens is 1. The first kappa shape index (κ1) is 15.7. The van der Waals surface area contributed by atoms with E-state index in [4.69, 9.17) is 9.47 Å². The molecule has 1 aliphatic heterocycles. The predicted molar refractivity (Wildman–Crippen MR) is 81.4 cm³/mol. The molecule has 1 aromatic carbocycles. The first-order valence-corrected chi connectivity index (χ1v) is 8.09. The number of ether oxygens (including phenoxy) is 2. The Morgan fingerprint density at radius 2 is 2.05 bits per heavy atom. The lowest BCUT2D eigenvalue weighted by atomic mass is 10.1. The Labute approximate surface area is 130 Å². The first-order chi connectivity index (χ1) is 10.7. The molecule has 0 spiro atoms. The van der Waals surface area contributed by atoms with E-state index in [1.807, 2.05) is 0 Å². The maximum absolute atomic E-state index is 12.8. The van der Waals surface area contributed by atoms with Crippen LogP contribution in [0.15, 0.2) is 24.3 Å². The van der Waals surface area contributed by atoms with Crippen LogP contribution in [-0.4, -0.2) is 55.1 Å². The van der Waals surface area contributed by atoms with Crippen molar-refractivity contribution < 1.29 is 19.0 Å². The summed E-state index contributed by atoms with van der Waals surface area (Å²) < 4.78 is 23.8. The average molecular weight is 309 g/mol. The fourth-order valence-electron chi connectivity index (χ4n) is 2.92. The molecule has 1 aromatic rings. The van der Waals surface area contributed by atoms with Crippen molar-refractivity contribution in [3.63, 3.8) is 0 Å². The van der Waals surface area contributed by atoms with Crippen LogP contribution in [0.3, 0.4) is 0 Å². The number of aliphatic hydroxyl groups excluding tert-OH is 1. The molecule has 1 heterocycles. The van der Waals surface area contributed by atoms with Gasteiger partial charge in [0.1, 0.15) is 24.3 Å². The quantitative estimate of drug-likeness (QED) is 0.798. The number of hydrogen-bond donors (Lipinski definition) is 1. The van der Waals surface area contributed by atoms with Gasteiger partial charge in [-0.25, -0.2) is 4.39 Å². The van der Waals surface area contributed by atoms with Crippen molar-refractivity contribution in [3.05, 3.63) is 30.1 Å². The molecule has 5 heteroatoms. The second kappa shape index (κ2) is 7.40. The molecule has 1 saturated carbocycles. The minimum atomic E-state index is -0.534. The molecule has 2 unspecified atom stereocenters. The zero-order valence-corrected chi connectivity index (χ0v) is 12.8. The van der Waals surface area contributed by atoms with Crippen LogP contribution in [0.1, 0.15) is 19.3 Å². The molecule has 1 saturated heterocycles. The van der Waals surface area contributed by atoms with Crippen molar-refractivity contribution in [2.24, 2.45) is 5.92 Å². The van der Waals surface area contributed by atoms with E-state index in [-0.39, 0.29) is 12.4 Å². The van der Waals surface area contributed by atoms with Crippen LogP contribution >= 0.6 is 0 Å². The van der Waals surface area contributed by atoms with E-state index in [1.54, 1.807) is 12.1 Å². The highest BCUT2D eigenvalue weighted by molar-refractivity contribution is 5.22. The third kappa shape index (κ3) is 4.66. The molecular weight excluding hydrogens is 285 g/mol. The van der Waals surface area contributed by atoms with Crippen molar-refractivity contribution >= 4 is 0 Å². The highest BCUT2D eigenvalue weighted by atomic mass is 19.1. The van der Waals surface area contributed by atoms with Gasteiger partial charge in [-0.15, -0.1) is 0 Å². The molecule has 22 heavy (non-hydrogen) atoms. The Kier molecular flexibility index (Phi) is 5.28. The smallest absolute Gasteiger partial charge is 0.123 e. The lowest BCUT2D eigenvalue weighted by molar-refractivity contribution is 0.0580. The fraction of sp³-hybridized carbons (Fsp3) is 0.647. The van der Waals surface area contributed by atoms with Crippen molar-refractivity contribution in [2.45, 2.75) is 31.4 Å². The first-order valence-electron chi connectivity index (χ1n) is 8.09. The summed E-state index contributed by atoms with van der Waals surface area (Å²) >= 11 is 0. The number of aliphatic hydroxyl groups is 1. The maximum Gasteiger partial charge on any atom is 0.123 e. The van der Waals surface area contributed by atoms with Gasteiger partial charge in [-0.1, -0.05) is 0 Å². The van der Waals surface area contributed by atoms with Crippen LogP contribution in [0.2, 0.25) is 0 Å². The SMILES string of the molecule is OC(COc1ccc(F)cc1)CN(CC1CCOC1)C1CC1. The van der Waals surface area contributed by atoms with Crippen LogP contribution in [0, 0.1) is 11.7 Å². The van der Waals surface area contributed by atoms with Gasteiger partial charge in [0.05, 0.1) is 6.61 Å². The summed E-state index contributed by atoms with van der Waals surface area (Å²) in [6, 6.07) is 6.49. The summed E-state index contributed by atoms with van der Waals surface area (Å²) in [6.07, 6.45) is 3.02. The second-order valence-electron chi connectivity index (χ2n) is 6.33. The summed E-state index contributed by atoms with van der Waals surface area (Å²) in [5.41, 5.74) is 0. The summed E-state index contributed by atoms with van der Waals surface area (Å²) in [6.45, 7) is 3.56. The number of hydrogen-bond acceptors (Lipinski definition) is 4. The summed E-state index contributed by atoms with van der Waals surface area (Å²) in [5.74, 6) is 0.889. The van der Waals surface area contributed by atoms with Crippen LogP contribution in [0.25, 0.3) is 0 Å². The molecule has 1 N–H and O–H groups in total. The van der Waals surface area contributed by atoms with Gasteiger partial charge in [-0.2, -0.15) is 0 Å². The van der Waals surface area contributed by atoms with E-state index in [0.717, 1.165) is 26.2 Å². The van der Waals surface area contributed by atoms with Gasteiger partial charge in [-0.05, 0) is 49.4 Å². The van der Waals surface area contributed by atoms with Gasteiger partial charge in [0.15, 0.2) is 0 Å². The normalized spacial score (nSPS) is 23.0. The van der Waals surface area contributed by atoms with E-state index in [1.165, 1.54) is 25.0 Å². The highest BCUT2D eigenvalue weighted by Gasteiger charge is 2.32. The molecule has 0 aromatic heterocycles. The van der Waals surface area contributed by atoms with Crippen molar-refractivity contribution in [1.29, 1.82) is 0 Å². The van der Waals surface area contributed by atoms with Crippen LogP contribution in [0.4, 0.5) is 4.39 Å². The Hall–Kier alpha value is -1.17. The topological polar surface area (TPSA) is 41.9 Å². The third-order valence-electron chi connectivity index (χ3n) is 4.28. The summed E-state index contributed by atoms with van der Waals surface area (Å²) in [4.78, 5) is 2.37. The third-order valence-corrected chi connectivity index (χ3v) is 4.28. The Morgan fingerprint density at radius 1 is 1.27 bits per heavy atom. The van der Waals surface area contributed by atoms with Gasteiger partial charge in [-0.3, -0.25) is 4.90 Å². The minimum absolute atomic E-state index is 0.232. The van der Waals surface area contributed by atoms with Crippen LogP contribution in [0.5, 0.6) is 5.75 Å². The standard InChI is InChI=1S/C17H24FNO3/c18-14-1-5-17(6-2-14)22-12-16(20)10-19(15-3-4-15)9-13-7-8-21-11-13/h1-2,5-6,13,15-16,20H,3-4,7-12H2. The average Bonchev–Trinajstić information content (AvgIpc) is 3.24. The van der Waals surface area contributed by atoms with Gasteiger partial charge in [0.2, 0.25) is 0 Å². The molecule has 0 bridgehead atoms. The van der Waals surface area contributed by atoms with Gasteiger partial charge < -0.3 is 14.6 Å². The van der Waals surface area contributed by atoms with Gasteiger partial charge >= 0.3 is 0 Å². The lowest BCUT2D eigenvalue weighted by Gasteiger charge is -2.27. The van der Waals surface area contributed by atoms with E-state index in [9.17, 15) is 9.50 Å². The van der Waals surface area contributed by atoms with E-state index >= 15 is 0 Å². The molecule has 4 nitrogen and oxygen atoms in total. The fourth-order valence-corrected chi connectivity index (χ4v) is 2.92. The minimum Gasteiger partial charge on any atom is -0.491 e. The summed E-state index contributed by atoms with van der Waals surface area (Å²) in [5, 5.41) is 10.2. The van der Waals surface area contributed by atoms with Gasteiger partial charge in [0.25, 0.3) is 0 Å². The number of rotatable bonds is 8. The highest BCUT2D eigenvalue weighted by Crippen LogP contribution is 2.29. The molecule has 1 aliphatic carbocycles. The molecule has 2 atom stereocenters. The van der Waals surface area contributed by atoms with Crippen molar-refractivity contribution in [1.82, 2.24) is 4.90 Å². The Bertz CT molecular complexity index is 457. The molecule has 2 aliphatic rings. The zero-order valence-electron chi connectivity index (χ0n) is 12.8. The van der Waals surface area contributed by atoms with Crippen LogP contribution in [-0.2, 0) is 4.74 Å². The molecular formula is C17H24FNO3. The predicted octanol–water partition coefficient (Wildman–Crippen LogP) is 2.07. The number of nitrogens with zero attached hydrogens (tertiary/aromatic N) is 1. The Balaban J connectivity index is 1.44. The zero-order chi connectivity index (χ0) is 15.4. The number of benzene rings is 1. The molecule has 3 rings (SSSR count). The van der Waals surface area contributed by atoms with E-state index in [2.05, 4.69) is 4.90 Å². The maximum atomic E-state index is 12.8. The largest absolute Gasteiger partial charge is 0.491 e. The summed E-state index contributed by atoms with van der Waals surface area (Å²) in [7, 11) is 0. The molecule has 0 amide bonds. The van der Waals surface area contributed by atoms with E-state index < -0.39 is 6.10 Å². The lowest BCUT2D eigenvalue weighted by Crippen LogP contribution is -2.40. The molecule has 2 fully saturated rings. The van der Waals surface area contributed by atoms with Gasteiger partial charge in [0, 0.05) is 25.7 Å². The monoisotopic (exact) mass is 309 g/mol. The van der Waals surface area contributed by atoms with Crippen molar-refractivity contribution in [2.75, 3.05) is 32.9 Å². The Morgan fingerprint density at radius 3 is 2.68 bits per heavy atom.